The van der Waals surface area contributed by atoms with Crippen molar-refractivity contribution in [3.05, 3.63) is 60.2 Å². The van der Waals surface area contributed by atoms with Gasteiger partial charge in [0.1, 0.15) is 11.6 Å². The maximum Gasteiger partial charge on any atom is 0.299 e. The van der Waals surface area contributed by atoms with Crippen LogP contribution >= 0.6 is 12.4 Å². The number of hydrogen-bond acceptors (Lipinski definition) is 6. The molecule has 2 aromatic carbocycles. The number of para-hydroxylation sites is 2. The summed E-state index contributed by atoms with van der Waals surface area (Å²) in [6.45, 7) is 2.79. The first kappa shape index (κ1) is 23.5. The molecule has 0 unspecified atom stereocenters. The zero-order chi connectivity index (χ0) is 21.8. The first-order valence-electron chi connectivity index (χ1n) is 11.5. The van der Waals surface area contributed by atoms with E-state index in [0.717, 1.165) is 49.9 Å². The van der Waals surface area contributed by atoms with Crippen LogP contribution in [0.4, 0.5) is 6.01 Å². The van der Waals surface area contributed by atoms with E-state index in [0.29, 0.717) is 19.2 Å². The first-order chi connectivity index (χ1) is 15.8. The van der Waals surface area contributed by atoms with Gasteiger partial charge in [0.2, 0.25) is 5.91 Å². The summed E-state index contributed by atoms with van der Waals surface area (Å²) in [5.41, 5.74) is 2.75. The highest BCUT2D eigenvalue weighted by molar-refractivity contribution is 5.86. The number of oxazole rings is 1. The average Bonchev–Trinajstić information content (AvgIpc) is 3.46. The summed E-state index contributed by atoms with van der Waals surface area (Å²) in [6.07, 6.45) is 3.76. The minimum atomic E-state index is -0.245. The van der Waals surface area contributed by atoms with Crippen LogP contribution in [0.25, 0.3) is 11.1 Å². The number of piperidine rings is 1. The first-order valence-corrected chi connectivity index (χ1v) is 11.5. The van der Waals surface area contributed by atoms with Gasteiger partial charge in [0.05, 0.1) is 13.2 Å². The van der Waals surface area contributed by atoms with Crippen LogP contribution in [0.5, 0.6) is 0 Å². The minimum Gasteiger partial charge on any atom is -0.423 e. The van der Waals surface area contributed by atoms with E-state index in [9.17, 15) is 4.79 Å². The van der Waals surface area contributed by atoms with Crippen molar-refractivity contribution < 1.29 is 13.9 Å². The van der Waals surface area contributed by atoms with Crippen LogP contribution in [-0.2, 0) is 16.1 Å². The molecule has 0 spiro atoms. The van der Waals surface area contributed by atoms with Crippen molar-refractivity contribution in [2.24, 2.45) is 0 Å². The number of nitrogens with zero attached hydrogens (tertiary/aromatic N) is 2. The van der Waals surface area contributed by atoms with Gasteiger partial charge in [0.15, 0.2) is 5.58 Å². The molecule has 2 aliphatic rings. The number of anilines is 1. The Morgan fingerprint density at radius 2 is 1.97 bits per heavy atom. The molecule has 5 rings (SSSR count). The van der Waals surface area contributed by atoms with Crippen LogP contribution in [0, 0.1) is 0 Å². The molecule has 2 N–H and O–H groups in total. The van der Waals surface area contributed by atoms with E-state index in [-0.39, 0.29) is 36.4 Å². The van der Waals surface area contributed by atoms with E-state index in [2.05, 4.69) is 27.8 Å². The molecule has 3 aromatic rings. The number of rotatable bonds is 7. The second kappa shape index (κ2) is 11.0. The standard InChI is InChI=1S/C25H30N4O3.ClH/c30-24(27-19-14-20(26-15-19)17-31-16-18-8-2-1-3-9-18)22-11-6-7-13-29(22)25-28-21-10-4-5-12-23(21)32-25;/h1-5,8-10,12,19-20,22,26H,6-7,11,13-17H2,(H,27,30);1H/t19-,20+,22+;/m1./s1. The number of carbonyl (C=O) groups excluding carboxylic acids is 1. The largest absolute Gasteiger partial charge is 0.423 e. The number of aromatic nitrogens is 1. The third kappa shape index (κ3) is 5.66. The highest BCUT2D eigenvalue weighted by atomic mass is 35.5. The van der Waals surface area contributed by atoms with Crippen molar-refractivity contribution in [1.29, 1.82) is 0 Å². The van der Waals surface area contributed by atoms with Gasteiger partial charge in [-0.3, -0.25) is 4.79 Å². The van der Waals surface area contributed by atoms with Gasteiger partial charge in [0, 0.05) is 25.2 Å². The lowest BCUT2D eigenvalue weighted by Gasteiger charge is -2.34. The van der Waals surface area contributed by atoms with Gasteiger partial charge < -0.3 is 24.7 Å². The van der Waals surface area contributed by atoms with Gasteiger partial charge in [0.25, 0.3) is 6.01 Å². The summed E-state index contributed by atoms with van der Waals surface area (Å²) in [6, 6.07) is 18.6. The molecular weight excluding hydrogens is 440 g/mol. The predicted molar refractivity (Wildman–Crippen MR) is 131 cm³/mol. The predicted octanol–water partition coefficient (Wildman–Crippen LogP) is 3.67. The fourth-order valence-electron chi connectivity index (χ4n) is 4.66. The maximum absolute atomic E-state index is 13.2. The molecule has 2 aliphatic heterocycles. The average molecular weight is 471 g/mol. The molecule has 3 atom stereocenters. The van der Waals surface area contributed by atoms with Crippen molar-refractivity contribution in [3.63, 3.8) is 0 Å². The van der Waals surface area contributed by atoms with Crippen molar-refractivity contribution in [2.75, 3.05) is 24.6 Å². The Morgan fingerprint density at radius 3 is 2.82 bits per heavy atom. The zero-order valence-corrected chi connectivity index (χ0v) is 19.4. The Bertz CT molecular complexity index is 1010. The number of fused-ring (bicyclic) bond motifs is 1. The third-order valence-electron chi connectivity index (χ3n) is 6.33. The lowest BCUT2D eigenvalue weighted by Crippen LogP contribution is -2.52. The normalized spacial score (nSPS) is 22.8. The fraction of sp³-hybridized carbons (Fsp3) is 0.440. The summed E-state index contributed by atoms with van der Waals surface area (Å²) in [5, 5.41) is 6.73. The summed E-state index contributed by atoms with van der Waals surface area (Å²) in [5.74, 6) is 0.0598. The van der Waals surface area contributed by atoms with Crippen molar-refractivity contribution in [1.82, 2.24) is 15.6 Å². The van der Waals surface area contributed by atoms with Crippen LogP contribution < -0.4 is 15.5 Å². The number of carbonyl (C=O) groups is 1. The van der Waals surface area contributed by atoms with Crippen molar-refractivity contribution in [3.8, 4) is 0 Å². The summed E-state index contributed by atoms with van der Waals surface area (Å²) in [7, 11) is 0. The molecule has 0 radical (unpaired) electrons. The Hall–Kier alpha value is -2.61. The second-order valence-electron chi connectivity index (χ2n) is 8.72. The number of ether oxygens (including phenoxy) is 1. The van der Waals surface area contributed by atoms with Crippen LogP contribution in [0.15, 0.2) is 59.0 Å². The summed E-state index contributed by atoms with van der Waals surface area (Å²) in [4.78, 5) is 19.8. The second-order valence-corrected chi connectivity index (χ2v) is 8.72. The summed E-state index contributed by atoms with van der Waals surface area (Å²) < 4.78 is 11.8. The Morgan fingerprint density at radius 1 is 1.15 bits per heavy atom. The van der Waals surface area contributed by atoms with Crippen LogP contribution in [0.1, 0.15) is 31.2 Å². The molecule has 0 bridgehead atoms. The molecule has 1 aromatic heterocycles. The summed E-state index contributed by atoms with van der Waals surface area (Å²) >= 11 is 0. The fourth-order valence-corrected chi connectivity index (χ4v) is 4.66. The van der Waals surface area contributed by atoms with E-state index in [1.807, 2.05) is 47.4 Å². The lowest BCUT2D eigenvalue weighted by atomic mass is 10.0. The van der Waals surface area contributed by atoms with Crippen LogP contribution in [0.2, 0.25) is 0 Å². The molecule has 2 fully saturated rings. The molecule has 33 heavy (non-hydrogen) atoms. The van der Waals surface area contributed by atoms with Gasteiger partial charge in [-0.2, -0.15) is 4.98 Å². The molecule has 0 saturated carbocycles. The molecule has 3 heterocycles. The highest BCUT2D eigenvalue weighted by Gasteiger charge is 2.34. The molecule has 7 nitrogen and oxygen atoms in total. The SMILES string of the molecule is Cl.O=C(N[C@H]1CN[C@H](COCc2ccccc2)C1)[C@@H]1CCCCN1c1nc2ccccc2o1. The number of halogens is 1. The van der Waals surface area contributed by atoms with Gasteiger partial charge in [-0.05, 0) is 43.4 Å². The molecule has 176 valence electrons. The van der Waals surface area contributed by atoms with Crippen LogP contribution in [0.3, 0.4) is 0 Å². The number of nitrogens with one attached hydrogen (secondary N) is 2. The number of benzene rings is 2. The van der Waals surface area contributed by atoms with Crippen molar-refractivity contribution >= 4 is 35.4 Å². The topological polar surface area (TPSA) is 79.6 Å². The Labute approximate surface area is 200 Å². The molecule has 2 saturated heterocycles. The van der Waals surface area contributed by atoms with E-state index in [1.165, 1.54) is 5.56 Å². The van der Waals surface area contributed by atoms with E-state index in [1.54, 1.807) is 0 Å². The Kier molecular flexibility index (Phi) is 7.85. The van der Waals surface area contributed by atoms with Gasteiger partial charge in [-0.15, -0.1) is 12.4 Å². The van der Waals surface area contributed by atoms with Gasteiger partial charge >= 0.3 is 0 Å². The minimum absolute atomic E-state index is 0. The molecule has 1 amide bonds. The smallest absolute Gasteiger partial charge is 0.299 e. The zero-order valence-electron chi connectivity index (χ0n) is 18.6. The van der Waals surface area contributed by atoms with Crippen LogP contribution in [-0.4, -0.2) is 48.7 Å². The van der Waals surface area contributed by atoms with E-state index >= 15 is 0 Å². The monoisotopic (exact) mass is 470 g/mol. The molecule has 8 heteroatoms. The molecular formula is C25H31ClN4O3. The van der Waals surface area contributed by atoms with E-state index < -0.39 is 0 Å². The quantitative estimate of drug-likeness (QED) is 0.548. The third-order valence-corrected chi connectivity index (χ3v) is 6.33. The van der Waals surface area contributed by atoms with Crippen molar-refractivity contribution in [2.45, 2.75) is 50.4 Å². The Balaban J connectivity index is 0.00000259. The molecule has 0 aliphatic carbocycles. The number of amides is 1. The lowest BCUT2D eigenvalue weighted by molar-refractivity contribution is -0.123. The van der Waals surface area contributed by atoms with Gasteiger partial charge in [-0.1, -0.05) is 42.5 Å². The van der Waals surface area contributed by atoms with E-state index in [4.69, 9.17) is 9.15 Å². The van der Waals surface area contributed by atoms with Gasteiger partial charge in [-0.25, -0.2) is 0 Å². The maximum atomic E-state index is 13.2. The number of hydrogen-bond donors (Lipinski definition) is 2. The highest BCUT2D eigenvalue weighted by Crippen LogP contribution is 2.28.